The van der Waals surface area contributed by atoms with Gasteiger partial charge in [-0.15, -0.1) is 0 Å². The number of fused-ring (bicyclic) bond motifs is 1. The average molecular weight is 659 g/mol. The zero-order valence-corrected chi connectivity index (χ0v) is 29.2. The van der Waals surface area contributed by atoms with E-state index in [2.05, 4.69) is 16.0 Å². The number of para-hydroxylation sites is 1. The summed E-state index contributed by atoms with van der Waals surface area (Å²) in [5.74, 6) is -2.71. The standard InChI is InChI=1S/C34H51N5O7.H3N/c1-8-9-16-25(31(42)43)35-29(40)26(18-23-20-38(33(45)46-7)28-17-11-10-15-24(23)28)36-30(41)27(19-34(4,5)6)37-32(44)39-21(2)13-12-14-22(39)3;/h10-11,15,17,20-22,25-27H,8-9,12-14,16,18-19H2,1-7H3,(H,35,40)(H,36,41)(H,37,44)(H,42,43);1H3/t21-,22+,25-,26-,27+;/m1./s1. The van der Waals surface area contributed by atoms with Crippen LogP contribution in [0.1, 0.15) is 92.1 Å². The van der Waals surface area contributed by atoms with Gasteiger partial charge in [0.2, 0.25) is 11.8 Å². The molecule has 1 fully saturated rings. The van der Waals surface area contributed by atoms with Crippen LogP contribution >= 0.6 is 0 Å². The molecule has 13 heteroatoms. The molecule has 4 amide bonds. The first-order valence-corrected chi connectivity index (χ1v) is 16.2. The lowest BCUT2D eigenvalue weighted by molar-refractivity contribution is -0.308. The van der Waals surface area contributed by atoms with Gasteiger partial charge in [-0.25, -0.2) is 9.59 Å². The normalized spacial score (nSPS) is 18.3. The van der Waals surface area contributed by atoms with E-state index in [1.807, 2.05) is 41.5 Å². The van der Waals surface area contributed by atoms with E-state index in [1.165, 1.54) is 11.7 Å². The fourth-order valence-corrected chi connectivity index (χ4v) is 6.16. The minimum absolute atomic E-state index is 0. The summed E-state index contributed by atoms with van der Waals surface area (Å²) in [6, 6.07) is 3.29. The summed E-state index contributed by atoms with van der Waals surface area (Å²) in [6.45, 7) is 11.8. The highest BCUT2D eigenvalue weighted by Gasteiger charge is 2.35. The van der Waals surface area contributed by atoms with E-state index in [0.29, 0.717) is 22.9 Å². The molecule has 3 rings (SSSR count). The summed E-state index contributed by atoms with van der Waals surface area (Å²) < 4.78 is 6.25. The van der Waals surface area contributed by atoms with Gasteiger partial charge in [0.15, 0.2) is 0 Å². The number of hydrogen-bond donors (Lipinski definition) is 4. The summed E-state index contributed by atoms with van der Waals surface area (Å²) in [5, 5.41) is 20.9. The van der Waals surface area contributed by atoms with Crippen LogP contribution in [0.2, 0.25) is 0 Å². The van der Waals surface area contributed by atoms with Gasteiger partial charge in [-0.3, -0.25) is 14.2 Å². The van der Waals surface area contributed by atoms with Crippen LogP contribution in [0.3, 0.4) is 0 Å². The fraction of sp³-hybridized carbons (Fsp3) is 0.618. The zero-order chi connectivity index (χ0) is 34.2. The minimum atomic E-state index is -1.42. The van der Waals surface area contributed by atoms with E-state index in [4.69, 9.17) is 4.74 Å². The summed E-state index contributed by atoms with van der Waals surface area (Å²) >= 11 is 0. The first-order valence-electron chi connectivity index (χ1n) is 16.2. The van der Waals surface area contributed by atoms with Crippen molar-refractivity contribution in [1.29, 1.82) is 0 Å². The topological polar surface area (TPSA) is 198 Å². The molecule has 5 atom stereocenters. The summed E-state index contributed by atoms with van der Waals surface area (Å²) in [4.78, 5) is 67.5. The molecular formula is C34H54N6O7. The lowest BCUT2D eigenvalue weighted by Crippen LogP contribution is -2.60. The van der Waals surface area contributed by atoms with Gasteiger partial charge >= 0.3 is 12.1 Å². The molecule has 0 aliphatic carbocycles. The number of urea groups is 1. The number of benzene rings is 1. The number of nitrogens with zero attached hydrogens (tertiary/aromatic N) is 2. The molecule has 0 bridgehead atoms. The van der Waals surface area contributed by atoms with Crippen LogP contribution in [-0.4, -0.2) is 76.7 Å². The smallest absolute Gasteiger partial charge is 0.418 e. The Hall–Kier alpha value is -4.13. The van der Waals surface area contributed by atoms with Gasteiger partial charge in [0.1, 0.15) is 12.1 Å². The Morgan fingerprint density at radius 1 is 0.957 bits per heavy atom. The van der Waals surface area contributed by atoms with E-state index >= 15 is 0 Å². The highest BCUT2D eigenvalue weighted by atomic mass is 16.5. The van der Waals surface area contributed by atoms with E-state index in [1.54, 1.807) is 35.4 Å². The Bertz CT molecular complexity index is 1390. The van der Waals surface area contributed by atoms with E-state index in [0.717, 1.165) is 25.7 Å². The number of carbonyl (C=O) groups is 5. The van der Waals surface area contributed by atoms with E-state index in [9.17, 15) is 29.1 Å². The van der Waals surface area contributed by atoms with Crippen molar-refractivity contribution in [3.8, 4) is 0 Å². The van der Waals surface area contributed by atoms with Gasteiger partial charge in [0.25, 0.3) is 0 Å². The number of rotatable bonds is 12. The number of aromatic nitrogens is 1. The van der Waals surface area contributed by atoms with Crippen LogP contribution in [0.5, 0.6) is 0 Å². The number of quaternary nitrogens is 1. The number of unbranched alkanes of at least 4 members (excludes halogenated alkanes) is 1. The van der Waals surface area contributed by atoms with Crippen LogP contribution in [0.15, 0.2) is 30.5 Å². The number of carbonyl (C=O) groups excluding carboxylic acids is 5. The predicted octanol–water partition coefficient (Wildman–Crippen LogP) is 3.86. The second-order valence-corrected chi connectivity index (χ2v) is 13.6. The van der Waals surface area contributed by atoms with Crippen molar-refractivity contribution in [3.63, 3.8) is 0 Å². The number of nitrogens with one attached hydrogen (secondary N) is 3. The molecular weight excluding hydrogens is 604 g/mol. The summed E-state index contributed by atoms with van der Waals surface area (Å²) in [6.07, 6.45) is 5.34. The molecule has 13 nitrogen and oxygen atoms in total. The molecule has 47 heavy (non-hydrogen) atoms. The summed E-state index contributed by atoms with van der Waals surface area (Å²) in [5.41, 5.74) is 0.751. The number of ether oxygens (including phenoxy) is 1. The Labute approximate surface area is 277 Å². The van der Waals surface area contributed by atoms with E-state index < -0.39 is 42.0 Å². The molecule has 2 aromatic rings. The van der Waals surface area contributed by atoms with Gasteiger partial charge in [0, 0.05) is 30.1 Å². The van der Waals surface area contributed by atoms with Crippen molar-refractivity contribution >= 4 is 40.8 Å². The SMILES string of the molecule is CCCC[C@@H](NC(=O)[C@@H](Cc1cn(C(=O)OC)c2ccccc12)NC(=O)[C@H](CC(C)(C)C)NC(=O)N1[C@H](C)CCC[C@@H]1C)C(=O)[O-].[NH4+]. The zero-order valence-electron chi connectivity index (χ0n) is 29.2. The molecule has 0 unspecified atom stereocenters. The van der Waals surface area contributed by atoms with Gasteiger partial charge in [0.05, 0.1) is 24.6 Å². The van der Waals surface area contributed by atoms with Crippen LogP contribution in [0, 0.1) is 5.41 Å². The molecule has 1 aliphatic rings. The van der Waals surface area contributed by atoms with Crippen LogP contribution in [-0.2, 0) is 25.5 Å². The average Bonchev–Trinajstić information content (AvgIpc) is 3.35. The van der Waals surface area contributed by atoms with Crippen LogP contribution in [0.4, 0.5) is 9.59 Å². The second kappa shape index (κ2) is 17.1. The highest BCUT2D eigenvalue weighted by molar-refractivity contribution is 5.95. The molecule has 1 aromatic heterocycles. The number of carboxylic acid groups (broad SMARTS) is 1. The largest absolute Gasteiger partial charge is 0.548 e. The van der Waals surface area contributed by atoms with Crippen molar-refractivity contribution in [3.05, 3.63) is 36.0 Å². The van der Waals surface area contributed by atoms with Crippen LogP contribution in [0.25, 0.3) is 10.9 Å². The van der Waals surface area contributed by atoms with Gasteiger partial charge in [-0.2, -0.15) is 0 Å². The molecule has 0 saturated carbocycles. The van der Waals surface area contributed by atoms with Crippen LogP contribution < -0.4 is 27.2 Å². The molecule has 1 aliphatic heterocycles. The number of likely N-dealkylation sites (tertiary alicyclic amines) is 1. The fourth-order valence-electron chi connectivity index (χ4n) is 6.16. The quantitative estimate of drug-likeness (QED) is 0.265. The Morgan fingerprint density at radius 2 is 1.55 bits per heavy atom. The van der Waals surface area contributed by atoms with Crippen molar-refractivity contribution in [2.24, 2.45) is 5.41 Å². The number of methoxy groups -OCH3 is 1. The van der Waals surface area contributed by atoms with Gasteiger partial charge < -0.3 is 41.6 Å². The molecule has 0 spiro atoms. The van der Waals surface area contributed by atoms with Crippen molar-refractivity contribution < 1.29 is 33.8 Å². The third-order valence-corrected chi connectivity index (χ3v) is 8.53. The maximum atomic E-state index is 14.0. The lowest BCUT2D eigenvalue weighted by atomic mass is 9.87. The molecule has 7 N–H and O–H groups in total. The van der Waals surface area contributed by atoms with Crippen molar-refractivity contribution in [1.82, 2.24) is 31.6 Å². The van der Waals surface area contributed by atoms with Gasteiger partial charge in [-0.05, 0) is 63.0 Å². The highest BCUT2D eigenvalue weighted by Crippen LogP contribution is 2.26. The molecule has 1 aromatic carbocycles. The lowest BCUT2D eigenvalue weighted by Gasteiger charge is -2.40. The first kappa shape index (κ1) is 39.1. The predicted molar refractivity (Wildman–Crippen MR) is 179 cm³/mol. The van der Waals surface area contributed by atoms with Crippen molar-refractivity contribution in [2.75, 3.05) is 7.11 Å². The number of hydrogen-bond acceptors (Lipinski definition) is 7. The number of amides is 4. The second-order valence-electron chi connectivity index (χ2n) is 13.6. The Balaban J connectivity index is 0.00000768. The Kier molecular flexibility index (Phi) is 14.2. The van der Waals surface area contributed by atoms with E-state index in [-0.39, 0.29) is 48.9 Å². The molecule has 0 radical (unpaired) electrons. The number of carboxylic acids is 1. The Morgan fingerprint density at radius 3 is 2.13 bits per heavy atom. The maximum absolute atomic E-state index is 14.0. The summed E-state index contributed by atoms with van der Waals surface area (Å²) in [7, 11) is 1.26. The third kappa shape index (κ3) is 10.4. The molecule has 262 valence electrons. The minimum Gasteiger partial charge on any atom is -0.548 e. The first-order chi connectivity index (χ1) is 21.7. The van der Waals surface area contributed by atoms with Gasteiger partial charge in [-0.1, -0.05) is 58.7 Å². The molecule has 1 saturated heterocycles. The third-order valence-electron chi connectivity index (χ3n) is 8.53. The number of piperidine rings is 1. The molecule has 2 heterocycles. The monoisotopic (exact) mass is 658 g/mol. The maximum Gasteiger partial charge on any atom is 0.418 e. The van der Waals surface area contributed by atoms with Crippen molar-refractivity contribution in [2.45, 2.75) is 123 Å². The number of aliphatic carboxylic acids is 1.